The summed E-state index contributed by atoms with van der Waals surface area (Å²) >= 11 is 0. The Morgan fingerprint density at radius 1 is 1.53 bits per heavy atom. The summed E-state index contributed by atoms with van der Waals surface area (Å²) in [6.45, 7) is 3.14. The SMILES string of the molecule is CCCNC(=O)/C(C#N)=C\NCCCO. The van der Waals surface area contributed by atoms with Gasteiger partial charge in [-0.25, -0.2) is 0 Å². The molecule has 5 nitrogen and oxygen atoms in total. The molecule has 84 valence electrons. The predicted molar refractivity (Wildman–Crippen MR) is 56.7 cm³/mol. The number of hydrogen-bond donors (Lipinski definition) is 3. The number of rotatable bonds is 7. The summed E-state index contributed by atoms with van der Waals surface area (Å²) in [4.78, 5) is 11.3. The molecule has 0 fully saturated rings. The fraction of sp³-hybridized carbons (Fsp3) is 0.600. The molecule has 5 heteroatoms. The van der Waals surface area contributed by atoms with Crippen LogP contribution in [0.25, 0.3) is 0 Å². The van der Waals surface area contributed by atoms with Crippen molar-refractivity contribution in [2.24, 2.45) is 0 Å². The van der Waals surface area contributed by atoms with Crippen LogP contribution in [-0.2, 0) is 4.79 Å². The van der Waals surface area contributed by atoms with Gasteiger partial charge in [0.2, 0.25) is 0 Å². The van der Waals surface area contributed by atoms with Gasteiger partial charge in [0.05, 0.1) is 0 Å². The third-order valence-electron chi connectivity index (χ3n) is 1.63. The summed E-state index contributed by atoms with van der Waals surface area (Å²) in [5, 5.41) is 22.6. The summed E-state index contributed by atoms with van der Waals surface area (Å²) in [7, 11) is 0. The molecular formula is C10H17N3O2. The lowest BCUT2D eigenvalue weighted by Crippen LogP contribution is -2.26. The lowest BCUT2D eigenvalue weighted by Gasteiger charge is -2.02. The summed E-state index contributed by atoms with van der Waals surface area (Å²) < 4.78 is 0. The van der Waals surface area contributed by atoms with Gasteiger partial charge >= 0.3 is 0 Å². The van der Waals surface area contributed by atoms with Crippen LogP contribution in [0.3, 0.4) is 0 Å². The summed E-state index contributed by atoms with van der Waals surface area (Å²) in [6, 6.07) is 1.81. The Hall–Kier alpha value is -1.54. The number of aliphatic hydroxyl groups excluding tert-OH is 1. The standard InChI is InChI=1S/C10H17N3O2/c1-2-4-13-10(15)9(7-11)8-12-5-3-6-14/h8,12,14H,2-6H2,1H3,(H,13,15)/b9-8-. The van der Waals surface area contributed by atoms with Crippen LogP contribution in [0.4, 0.5) is 0 Å². The number of nitrogens with one attached hydrogen (secondary N) is 2. The minimum absolute atomic E-state index is 0.0568. The molecule has 0 unspecified atom stereocenters. The van der Waals surface area contributed by atoms with E-state index in [2.05, 4.69) is 10.6 Å². The molecule has 0 bridgehead atoms. The first-order valence-electron chi connectivity index (χ1n) is 4.99. The lowest BCUT2D eigenvalue weighted by molar-refractivity contribution is -0.117. The van der Waals surface area contributed by atoms with Crippen molar-refractivity contribution in [2.45, 2.75) is 19.8 Å². The van der Waals surface area contributed by atoms with E-state index in [4.69, 9.17) is 10.4 Å². The van der Waals surface area contributed by atoms with E-state index in [-0.39, 0.29) is 18.1 Å². The van der Waals surface area contributed by atoms with Crippen LogP contribution >= 0.6 is 0 Å². The Morgan fingerprint density at radius 3 is 2.80 bits per heavy atom. The molecule has 0 rings (SSSR count). The molecule has 0 atom stereocenters. The Labute approximate surface area is 89.8 Å². The number of carbonyl (C=O) groups is 1. The third-order valence-corrected chi connectivity index (χ3v) is 1.63. The molecule has 0 saturated heterocycles. The summed E-state index contributed by atoms with van der Waals surface area (Å²) in [5.74, 6) is -0.365. The third kappa shape index (κ3) is 6.52. The lowest BCUT2D eigenvalue weighted by atomic mass is 10.3. The van der Waals surface area contributed by atoms with E-state index in [9.17, 15) is 4.79 Å². The Balaban J connectivity index is 4.00. The quantitative estimate of drug-likeness (QED) is 0.312. The molecule has 0 aromatic rings. The highest BCUT2D eigenvalue weighted by Gasteiger charge is 2.06. The number of nitrogens with zero attached hydrogens (tertiary/aromatic N) is 1. The molecule has 1 amide bonds. The van der Waals surface area contributed by atoms with Crippen molar-refractivity contribution in [1.29, 1.82) is 5.26 Å². The van der Waals surface area contributed by atoms with E-state index in [0.717, 1.165) is 6.42 Å². The van der Waals surface area contributed by atoms with Gasteiger partial charge in [0.25, 0.3) is 5.91 Å². The number of aliphatic hydroxyl groups is 1. The maximum absolute atomic E-state index is 11.3. The molecule has 0 spiro atoms. The Morgan fingerprint density at radius 2 is 2.27 bits per heavy atom. The molecule has 0 radical (unpaired) electrons. The zero-order valence-electron chi connectivity index (χ0n) is 8.92. The van der Waals surface area contributed by atoms with Gasteiger partial charge in [-0.15, -0.1) is 0 Å². The second-order valence-electron chi connectivity index (χ2n) is 2.96. The molecule has 0 saturated carbocycles. The highest BCUT2D eigenvalue weighted by Crippen LogP contribution is 1.90. The van der Waals surface area contributed by atoms with Crippen LogP contribution in [0.2, 0.25) is 0 Å². The van der Waals surface area contributed by atoms with Gasteiger partial charge in [-0.1, -0.05) is 6.92 Å². The van der Waals surface area contributed by atoms with Crippen LogP contribution in [0, 0.1) is 11.3 Å². The van der Waals surface area contributed by atoms with E-state index in [1.807, 2.05) is 13.0 Å². The molecule has 0 aromatic carbocycles. The Bertz CT molecular complexity index is 256. The smallest absolute Gasteiger partial charge is 0.263 e. The average Bonchev–Trinajstić information content (AvgIpc) is 2.26. The molecule has 3 N–H and O–H groups in total. The van der Waals surface area contributed by atoms with Crippen molar-refractivity contribution in [3.8, 4) is 6.07 Å². The van der Waals surface area contributed by atoms with Crippen LogP contribution in [0.1, 0.15) is 19.8 Å². The molecule has 15 heavy (non-hydrogen) atoms. The normalized spacial score (nSPS) is 10.6. The van der Waals surface area contributed by atoms with Crippen LogP contribution in [0.15, 0.2) is 11.8 Å². The van der Waals surface area contributed by atoms with E-state index in [0.29, 0.717) is 19.5 Å². The summed E-state index contributed by atoms with van der Waals surface area (Å²) in [6.07, 6.45) is 2.80. The highest BCUT2D eigenvalue weighted by atomic mass is 16.3. The largest absolute Gasteiger partial charge is 0.396 e. The molecule has 0 aliphatic heterocycles. The average molecular weight is 211 g/mol. The van der Waals surface area contributed by atoms with Crippen LogP contribution in [-0.4, -0.2) is 30.7 Å². The van der Waals surface area contributed by atoms with Crippen molar-refractivity contribution in [3.05, 3.63) is 11.8 Å². The summed E-state index contributed by atoms with van der Waals surface area (Å²) in [5.41, 5.74) is 0.0568. The van der Waals surface area contributed by atoms with Crippen molar-refractivity contribution in [3.63, 3.8) is 0 Å². The maximum Gasteiger partial charge on any atom is 0.263 e. The zero-order valence-corrected chi connectivity index (χ0v) is 8.92. The van der Waals surface area contributed by atoms with Crippen LogP contribution < -0.4 is 10.6 Å². The fourth-order valence-corrected chi connectivity index (χ4v) is 0.838. The molecular weight excluding hydrogens is 194 g/mol. The molecule has 0 aliphatic rings. The predicted octanol–water partition coefficient (Wildman–Crippen LogP) is -0.108. The monoisotopic (exact) mass is 211 g/mol. The molecule has 0 heterocycles. The van der Waals surface area contributed by atoms with Gasteiger partial charge in [0, 0.05) is 25.9 Å². The van der Waals surface area contributed by atoms with Gasteiger partial charge in [-0.2, -0.15) is 5.26 Å². The number of nitriles is 1. The Kier molecular flexibility index (Phi) is 8.10. The van der Waals surface area contributed by atoms with Crippen LogP contribution in [0.5, 0.6) is 0 Å². The van der Waals surface area contributed by atoms with Crippen molar-refractivity contribution < 1.29 is 9.90 Å². The second-order valence-corrected chi connectivity index (χ2v) is 2.96. The minimum atomic E-state index is -0.365. The van der Waals surface area contributed by atoms with E-state index >= 15 is 0 Å². The van der Waals surface area contributed by atoms with Gasteiger partial charge < -0.3 is 15.7 Å². The zero-order chi connectivity index (χ0) is 11.5. The van der Waals surface area contributed by atoms with E-state index in [1.165, 1.54) is 6.20 Å². The second kappa shape index (κ2) is 9.03. The van der Waals surface area contributed by atoms with Crippen molar-refractivity contribution in [1.82, 2.24) is 10.6 Å². The van der Waals surface area contributed by atoms with Gasteiger partial charge in [-0.05, 0) is 12.8 Å². The first kappa shape index (κ1) is 13.5. The van der Waals surface area contributed by atoms with Gasteiger partial charge in [0.1, 0.15) is 11.6 Å². The highest BCUT2D eigenvalue weighted by molar-refractivity contribution is 5.97. The number of hydrogen-bond acceptors (Lipinski definition) is 4. The fourth-order valence-electron chi connectivity index (χ4n) is 0.838. The first-order chi connectivity index (χ1) is 7.26. The molecule has 0 aliphatic carbocycles. The first-order valence-corrected chi connectivity index (χ1v) is 4.99. The topological polar surface area (TPSA) is 85.2 Å². The van der Waals surface area contributed by atoms with Crippen molar-refractivity contribution >= 4 is 5.91 Å². The molecule has 0 aromatic heterocycles. The van der Waals surface area contributed by atoms with Gasteiger partial charge in [0.15, 0.2) is 0 Å². The maximum atomic E-state index is 11.3. The minimum Gasteiger partial charge on any atom is -0.396 e. The van der Waals surface area contributed by atoms with E-state index in [1.54, 1.807) is 0 Å². The number of carbonyl (C=O) groups excluding carboxylic acids is 1. The van der Waals surface area contributed by atoms with E-state index < -0.39 is 0 Å². The van der Waals surface area contributed by atoms with Crippen molar-refractivity contribution in [2.75, 3.05) is 19.7 Å². The number of amides is 1. The van der Waals surface area contributed by atoms with Gasteiger partial charge in [-0.3, -0.25) is 4.79 Å².